The van der Waals surface area contributed by atoms with Gasteiger partial charge in [0.25, 0.3) is 0 Å². The Balaban J connectivity index is 3.07. The lowest BCUT2D eigenvalue weighted by atomic mass is 10.1. The number of aryl methyl sites for hydroxylation is 1. The van der Waals surface area contributed by atoms with E-state index in [-0.39, 0.29) is 5.82 Å². The van der Waals surface area contributed by atoms with Crippen LogP contribution < -0.4 is 5.90 Å². The number of hydrogen-bond donors (Lipinski definition) is 1. The fraction of sp³-hybridized carbons (Fsp3) is 0.333. The van der Waals surface area contributed by atoms with E-state index in [1.54, 1.807) is 32.0 Å². The van der Waals surface area contributed by atoms with E-state index in [1.807, 2.05) is 0 Å². The van der Waals surface area contributed by atoms with Crippen molar-refractivity contribution in [2.24, 2.45) is 5.90 Å². The third-order valence-corrected chi connectivity index (χ3v) is 1.86. The third kappa shape index (κ3) is 1.62. The van der Waals surface area contributed by atoms with Crippen LogP contribution in [-0.4, -0.2) is 0 Å². The lowest BCUT2D eigenvalue weighted by Gasteiger charge is -2.10. The Morgan fingerprint density at radius 2 is 2.17 bits per heavy atom. The normalized spacial score (nSPS) is 13.0. The molecule has 0 aliphatic rings. The van der Waals surface area contributed by atoms with Gasteiger partial charge in [0.1, 0.15) is 11.9 Å². The van der Waals surface area contributed by atoms with Gasteiger partial charge in [-0.1, -0.05) is 18.2 Å². The molecule has 0 amide bonds. The molecule has 0 saturated carbocycles. The Kier molecular flexibility index (Phi) is 2.78. The van der Waals surface area contributed by atoms with Gasteiger partial charge >= 0.3 is 0 Å². The number of benzene rings is 1. The van der Waals surface area contributed by atoms with E-state index < -0.39 is 6.10 Å². The van der Waals surface area contributed by atoms with Crippen LogP contribution in [-0.2, 0) is 4.84 Å². The quantitative estimate of drug-likeness (QED) is 0.688. The summed E-state index contributed by atoms with van der Waals surface area (Å²) < 4.78 is 13.3. The van der Waals surface area contributed by atoms with Crippen molar-refractivity contribution < 1.29 is 9.23 Å². The van der Waals surface area contributed by atoms with Crippen LogP contribution in [0.1, 0.15) is 24.2 Å². The van der Waals surface area contributed by atoms with Crippen molar-refractivity contribution in [3.63, 3.8) is 0 Å². The summed E-state index contributed by atoms with van der Waals surface area (Å²) in [6.07, 6.45) is -0.398. The van der Waals surface area contributed by atoms with E-state index in [4.69, 9.17) is 5.90 Å². The molecule has 1 atom stereocenters. The minimum absolute atomic E-state index is 0.240. The van der Waals surface area contributed by atoms with Crippen molar-refractivity contribution in [2.45, 2.75) is 20.0 Å². The average Bonchev–Trinajstić information content (AvgIpc) is 2.08. The fourth-order valence-electron chi connectivity index (χ4n) is 1.06. The van der Waals surface area contributed by atoms with Gasteiger partial charge < -0.3 is 0 Å². The van der Waals surface area contributed by atoms with Crippen molar-refractivity contribution in [2.75, 3.05) is 0 Å². The maximum Gasteiger partial charge on any atom is 0.131 e. The first-order valence-electron chi connectivity index (χ1n) is 3.77. The molecular weight excluding hydrogens is 157 g/mol. The maximum absolute atomic E-state index is 13.3. The molecule has 0 heterocycles. The zero-order valence-corrected chi connectivity index (χ0v) is 7.17. The van der Waals surface area contributed by atoms with Crippen molar-refractivity contribution in [3.8, 4) is 0 Å². The molecular formula is C9H12FNO. The smallest absolute Gasteiger partial charge is 0.131 e. The van der Waals surface area contributed by atoms with E-state index in [2.05, 4.69) is 4.84 Å². The Hall–Kier alpha value is -0.930. The molecule has 0 spiro atoms. The van der Waals surface area contributed by atoms with Gasteiger partial charge in [-0.15, -0.1) is 0 Å². The van der Waals surface area contributed by atoms with Crippen LogP contribution in [0.4, 0.5) is 4.39 Å². The van der Waals surface area contributed by atoms with Gasteiger partial charge in [-0.05, 0) is 19.4 Å². The number of hydrogen-bond acceptors (Lipinski definition) is 2. The largest absolute Gasteiger partial charge is 0.297 e. The van der Waals surface area contributed by atoms with Gasteiger partial charge in [-0.25, -0.2) is 10.3 Å². The molecule has 1 aromatic carbocycles. The van der Waals surface area contributed by atoms with E-state index >= 15 is 0 Å². The van der Waals surface area contributed by atoms with Gasteiger partial charge in [-0.2, -0.15) is 0 Å². The van der Waals surface area contributed by atoms with Crippen LogP contribution in [0.15, 0.2) is 18.2 Å². The molecule has 0 radical (unpaired) electrons. The Bertz CT molecular complexity index is 275. The van der Waals surface area contributed by atoms with Crippen LogP contribution in [0.5, 0.6) is 0 Å². The highest BCUT2D eigenvalue weighted by Gasteiger charge is 2.11. The summed E-state index contributed by atoms with van der Waals surface area (Å²) in [7, 11) is 0. The monoisotopic (exact) mass is 169 g/mol. The summed E-state index contributed by atoms with van der Waals surface area (Å²) in [5.74, 6) is 4.72. The lowest BCUT2D eigenvalue weighted by Crippen LogP contribution is -2.07. The second kappa shape index (κ2) is 3.65. The predicted octanol–water partition coefficient (Wildman–Crippen LogP) is 2.09. The SMILES string of the molecule is Cc1cccc(C(C)ON)c1F. The third-order valence-electron chi connectivity index (χ3n) is 1.86. The molecule has 2 nitrogen and oxygen atoms in total. The fourth-order valence-corrected chi connectivity index (χ4v) is 1.06. The molecule has 0 saturated heterocycles. The maximum atomic E-state index is 13.3. The highest BCUT2D eigenvalue weighted by Crippen LogP contribution is 2.20. The molecule has 0 aliphatic carbocycles. The molecule has 66 valence electrons. The van der Waals surface area contributed by atoms with Crippen molar-refractivity contribution in [1.29, 1.82) is 0 Å². The summed E-state index contributed by atoms with van der Waals surface area (Å²) in [6.45, 7) is 3.42. The summed E-state index contributed by atoms with van der Waals surface area (Å²) in [6, 6.07) is 5.16. The second-order valence-electron chi connectivity index (χ2n) is 2.76. The van der Waals surface area contributed by atoms with Gasteiger partial charge in [0, 0.05) is 5.56 Å². The highest BCUT2D eigenvalue weighted by molar-refractivity contribution is 5.26. The molecule has 1 rings (SSSR count). The summed E-state index contributed by atoms with van der Waals surface area (Å²) >= 11 is 0. The molecule has 2 N–H and O–H groups in total. The van der Waals surface area contributed by atoms with Crippen LogP contribution in [0.25, 0.3) is 0 Å². The zero-order chi connectivity index (χ0) is 9.14. The van der Waals surface area contributed by atoms with Crippen molar-refractivity contribution in [1.82, 2.24) is 0 Å². The average molecular weight is 169 g/mol. The van der Waals surface area contributed by atoms with Crippen molar-refractivity contribution >= 4 is 0 Å². The summed E-state index contributed by atoms with van der Waals surface area (Å²) in [5, 5.41) is 0. The molecule has 0 aliphatic heterocycles. The van der Waals surface area contributed by atoms with Gasteiger partial charge in [0.2, 0.25) is 0 Å². The van der Waals surface area contributed by atoms with E-state index in [9.17, 15) is 4.39 Å². The molecule has 12 heavy (non-hydrogen) atoms. The first-order valence-corrected chi connectivity index (χ1v) is 3.77. The topological polar surface area (TPSA) is 35.2 Å². The highest BCUT2D eigenvalue weighted by atomic mass is 19.1. The molecule has 1 unspecified atom stereocenters. The first-order chi connectivity index (χ1) is 5.66. The van der Waals surface area contributed by atoms with E-state index in [0.29, 0.717) is 11.1 Å². The van der Waals surface area contributed by atoms with Gasteiger partial charge in [-0.3, -0.25) is 4.84 Å². The molecule has 0 bridgehead atoms. The van der Waals surface area contributed by atoms with Crippen LogP contribution in [0.3, 0.4) is 0 Å². The molecule has 0 aromatic heterocycles. The van der Waals surface area contributed by atoms with E-state index in [0.717, 1.165) is 0 Å². The number of halogens is 1. The number of rotatable bonds is 2. The minimum Gasteiger partial charge on any atom is -0.297 e. The predicted molar refractivity (Wildman–Crippen MR) is 44.8 cm³/mol. The first kappa shape index (κ1) is 9.16. The molecule has 3 heteroatoms. The summed E-state index contributed by atoms with van der Waals surface area (Å²) in [5.41, 5.74) is 1.11. The van der Waals surface area contributed by atoms with Crippen LogP contribution >= 0.6 is 0 Å². The Morgan fingerprint density at radius 1 is 1.50 bits per heavy atom. The van der Waals surface area contributed by atoms with Gasteiger partial charge in [0.15, 0.2) is 0 Å². The second-order valence-corrected chi connectivity index (χ2v) is 2.76. The molecule has 1 aromatic rings. The van der Waals surface area contributed by atoms with Crippen molar-refractivity contribution in [3.05, 3.63) is 35.1 Å². The zero-order valence-electron chi connectivity index (χ0n) is 7.17. The van der Waals surface area contributed by atoms with Gasteiger partial charge in [0.05, 0.1) is 0 Å². The Labute approximate surface area is 71.1 Å². The van der Waals surface area contributed by atoms with Crippen LogP contribution in [0.2, 0.25) is 0 Å². The number of nitrogens with two attached hydrogens (primary N) is 1. The molecule has 0 fully saturated rings. The summed E-state index contributed by atoms with van der Waals surface area (Å²) in [4.78, 5) is 4.53. The van der Waals surface area contributed by atoms with Crippen LogP contribution in [0, 0.1) is 12.7 Å². The minimum atomic E-state index is -0.398. The Morgan fingerprint density at radius 3 is 2.75 bits per heavy atom. The standard InChI is InChI=1S/C9H12FNO/c1-6-4-3-5-8(9(6)10)7(2)12-11/h3-5,7H,11H2,1-2H3. The lowest BCUT2D eigenvalue weighted by molar-refractivity contribution is 0.0638. The van der Waals surface area contributed by atoms with E-state index in [1.165, 1.54) is 0 Å².